The fraction of sp³-hybridized carbons (Fsp3) is 0.188. The van der Waals surface area contributed by atoms with Gasteiger partial charge in [0.05, 0.1) is 0 Å². The van der Waals surface area contributed by atoms with Crippen molar-refractivity contribution in [3.8, 4) is 0 Å². The Bertz CT molecular complexity index is 544. The monoisotopic (exact) mass is 255 g/mol. The maximum atomic E-state index is 10.7. The Hall–Kier alpha value is -2.29. The quantitative estimate of drug-likeness (QED) is 0.844. The van der Waals surface area contributed by atoms with Gasteiger partial charge < -0.3 is 10.1 Å². The van der Waals surface area contributed by atoms with E-state index in [1.807, 2.05) is 36.4 Å². The van der Waals surface area contributed by atoms with Gasteiger partial charge in [0, 0.05) is 18.3 Å². The molecule has 98 valence electrons. The maximum absolute atomic E-state index is 10.7. The second-order valence-electron chi connectivity index (χ2n) is 4.47. The summed E-state index contributed by atoms with van der Waals surface area (Å²) >= 11 is 0. The van der Waals surface area contributed by atoms with Crippen molar-refractivity contribution in [2.24, 2.45) is 0 Å². The average Bonchev–Trinajstić information content (AvgIpc) is 2.40. The number of anilines is 2. The minimum Gasteiger partial charge on any atom is -0.461 e. The molecular formula is C16H17NO2. The molecule has 0 aliphatic carbocycles. The molecule has 0 aromatic heterocycles. The van der Waals surface area contributed by atoms with Gasteiger partial charge in [-0.15, -0.1) is 0 Å². The van der Waals surface area contributed by atoms with Crippen LogP contribution in [0.1, 0.15) is 18.1 Å². The van der Waals surface area contributed by atoms with E-state index in [1.54, 1.807) is 0 Å². The Morgan fingerprint density at radius 1 is 1.00 bits per heavy atom. The maximum Gasteiger partial charge on any atom is 0.302 e. The number of carbonyl (C=O) groups is 1. The number of aryl methyl sites for hydroxylation is 1. The standard InChI is InChI=1S/C16H17NO2/c1-12-3-7-15(8-4-12)17-16-9-5-14(6-10-16)11-19-13(2)18/h3-10,17H,11H2,1-2H3. The summed E-state index contributed by atoms with van der Waals surface area (Å²) in [6.45, 7) is 3.79. The third kappa shape index (κ3) is 4.14. The predicted molar refractivity (Wildman–Crippen MR) is 76.4 cm³/mol. The lowest BCUT2D eigenvalue weighted by molar-refractivity contribution is -0.142. The molecule has 2 aromatic carbocycles. The summed E-state index contributed by atoms with van der Waals surface area (Å²) in [4.78, 5) is 10.7. The second-order valence-corrected chi connectivity index (χ2v) is 4.47. The molecule has 0 aliphatic heterocycles. The van der Waals surface area contributed by atoms with Crippen LogP contribution in [-0.4, -0.2) is 5.97 Å². The van der Waals surface area contributed by atoms with Gasteiger partial charge in [0.1, 0.15) is 6.61 Å². The van der Waals surface area contributed by atoms with Gasteiger partial charge in [0.25, 0.3) is 0 Å². The first-order valence-electron chi connectivity index (χ1n) is 6.19. The van der Waals surface area contributed by atoms with Gasteiger partial charge in [0.2, 0.25) is 0 Å². The Kier molecular flexibility index (Phi) is 4.18. The SMILES string of the molecule is CC(=O)OCc1ccc(Nc2ccc(C)cc2)cc1. The van der Waals surface area contributed by atoms with E-state index in [0.717, 1.165) is 16.9 Å². The molecular weight excluding hydrogens is 238 g/mol. The molecule has 0 bridgehead atoms. The summed E-state index contributed by atoms with van der Waals surface area (Å²) in [5.41, 5.74) is 4.28. The van der Waals surface area contributed by atoms with Crippen LogP contribution < -0.4 is 5.32 Å². The van der Waals surface area contributed by atoms with Crippen molar-refractivity contribution >= 4 is 17.3 Å². The normalized spacial score (nSPS) is 10.0. The number of carbonyl (C=O) groups excluding carboxylic acids is 1. The van der Waals surface area contributed by atoms with Crippen molar-refractivity contribution in [3.63, 3.8) is 0 Å². The van der Waals surface area contributed by atoms with Gasteiger partial charge in [-0.3, -0.25) is 4.79 Å². The Morgan fingerprint density at radius 2 is 1.53 bits per heavy atom. The van der Waals surface area contributed by atoms with Crippen LogP contribution in [0.25, 0.3) is 0 Å². The molecule has 3 nitrogen and oxygen atoms in total. The second kappa shape index (κ2) is 6.05. The third-order valence-corrected chi connectivity index (χ3v) is 2.74. The zero-order valence-corrected chi connectivity index (χ0v) is 11.1. The van der Waals surface area contributed by atoms with Crippen molar-refractivity contribution in [3.05, 3.63) is 59.7 Å². The number of rotatable bonds is 4. The molecule has 3 heteroatoms. The topological polar surface area (TPSA) is 38.3 Å². The highest BCUT2D eigenvalue weighted by Gasteiger charge is 1.98. The molecule has 19 heavy (non-hydrogen) atoms. The number of ether oxygens (including phenoxy) is 1. The van der Waals surface area contributed by atoms with E-state index in [4.69, 9.17) is 4.74 Å². The van der Waals surface area contributed by atoms with Crippen LogP contribution in [0.15, 0.2) is 48.5 Å². The molecule has 1 N–H and O–H groups in total. The molecule has 0 radical (unpaired) electrons. The average molecular weight is 255 g/mol. The predicted octanol–water partition coefficient (Wildman–Crippen LogP) is 3.80. The highest BCUT2D eigenvalue weighted by molar-refractivity contribution is 5.66. The molecule has 2 aromatic rings. The van der Waals surface area contributed by atoms with Gasteiger partial charge >= 0.3 is 5.97 Å². The molecule has 0 saturated heterocycles. The first-order chi connectivity index (χ1) is 9.13. The lowest BCUT2D eigenvalue weighted by atomic mass is 10.2. The van der Waals surface area contributed by atoms with Gasteiger partial charge in [0.15, 0.2) is 0 Å². The smallest absolute Gasteiger partial charge is 0.302 e. The zero-order valence-electron chi connectivity index (χ0n) is 11.1. The van der Waals surface area contributed by atoms with Crippen LogP contribution >= 0.6 is 0 Å². The number of nitrogens with one attached hydrogen (secondary N) is 1. The van der Waals surface area contributed by atoms with Crippen LogP contribution in [0.5, 0.6) is 0 Å². The molecule has 0 amide bonds. The van der Waals surface area contributed by atoms with Crippen molar-refractivity contribution in [2.75, 3.05) is 5.32 Å². The van der Waals surface area contributed by atoms with E-state index in [1.165, 1.54) is 12.5 Å². The van der Waals surface area contributed by atoms with E-state index < -0.39 is 0 Å². The van der Waals surface area contributed by atoms with Crippen LogP contribution in [0, 0.1) is 6.92 Å². The van der Waals surface area contributed by atoms with Crippen LogP contribution in [0.3, 0.4) is 0 Å². The Balaban J connectivity index is 1.98. The van der Waals surface area contributed by atoms with Crippen LogP contribution in [0.4, 0.5) is 11.4 Å². The summed E-state index contributed by atoms with van der Waals surface area (Å²) < 4.78 is 4.94. The molecule has 0 heterocycles. The number of hydrogen-bond donors (Lipinski definition) is 1. The summed E-state index contributed by atoms with van der Waals surface area (Å²) in [6, 6.07) is 16.1. The number of benzene rings is 2. The molecule has 0 unspecified atom stereocenters. The van der Waals surface area contributed by atoms with E-state index >= 15 is 0 Å². The molecule has 2 rings (SSSR count). The highest BCUT2D eigenvalue weighted by atomic mass is 16.5. The fourth-order valence-corrected chi connectivity index (χ4v) is 1.67. The minimum atomic E-state index is -0.262. The van der Waals surface area contributed by atoms with Gasteiger partial charge in [-0.1, -0.05) is 29.8 Å². The van der Waals surface area contributed by atoms with Gasteiger partial charge in [-0.25, -0.2) is 0 Å². The zero-order chi connectivity index (χ0) is 13.7. The molecule has 0 atom stereocenters. The number of hydrogen-bond acceptors (Lipinski definition) is 3. The summed E-state index contributed by atoms with van der Waals surface area (Å²) in [5, 5.41) is 3.32. The van der Waals surface area contributed by atoms with E-state index in [0.29, 0.717) is 6.61 Å². The van der Waals surface area contributed by atoms with Gasteiger partial charge in [-0.2, -0.15) is 0 Å². The Morgan fingerprint density at radius 3 is 2.05 bits per heavy atom. The minimum absolute atomic E-state index is 0.262. The van der Waals surface area contributed by atoms with E-state index in [2.05, 4.69) is 24.4 Å². The summed E-state index contributed by atoms with van der Waals surface area (Å²) in [6.07, 6.45) is 0. The van der Waals surface area contributed by atoms with Crippen molar-refractivity contribution < 1.29 is 9.53 Å². The molecule has 0 aliphatic rings. The molecule has 0 fully saturated rings. The first kappa shape index (κ1) is 13.1. The van der Waals surface area contributed by atoms with Crippen LogP contribution in [0.2, 0.25) is 0 Å². The Labute approximate surface area is 113 Å². The van der Waals surface area contributed by atoms with Crippen molar-refractivity contribution in [1.29, 1.82) is 0 Å². The van der Waals surface area contributed by atoms with E-state index in [9.17, 15) is 4.79 Å². The lowest BCUT2D eigenvalue weighted by Crippen LogP contribution is -1.98. The summed E-state index contributed by atoms with van der Waals surface area (Å²) in [5.74, 6) is -0.262. The van der Waals surface area contributed by atoms with Crippen molar-refractivity contribution in [1.82, 2.24) is 0 Å². The van der Waals surface area contributed by atoms with Crippen LogP contribution in [-0.2, 0) is 16.1 Å². The van der Waals surface area contributed by atoms with E-state index in [-0.39, 0.29) is 5.97 Å². The largest absolute Gasteiger partial charge is 0.461 e. The number of esters is 1. The highest BCUT2D eigenvalue weighted by Crippen LogP contribution is 2.17. The lowest BCUT2D eigenvalue weighted by Gasteiger charge is -2.08. The first-order valence-corrected chi connectivity index (χ1v) is 6.19. The molecule has 0 spiro atoms. The fourth-order valence-electron chi connectivity index (χ4n) is 1.67. The van der Waals surface area contributed by atoms with Gasteiger partial charge in [-0.05, 0) is 36.8 Å². The van der Waals surface area contributed by atoms with Crippen molar-refractivity contribution in [2.45, 2.75) is 20.5 Å². The third-order valence-electron chi connectivity index (χ3n) is 2.74. The summed E-state index contributed by atoms with van der Waals surface area (Å²) in [7, 11) is 0. The molecule has 0 saturated carbocycles.